The summed E-state index contributed by atoms with van der Waals surface area (Å²) in [6.07, 6.45) is 0. The average molecular weight is 350 g/mol. The minimum atomic E-state index is 0.962. The molecule has 0 fully saturated rings. The largest absolute Gasteiger partial charge is 0.339 e. The normalized spacial score (nSPS) is 11.8. The van der Waals surface area contributed by atoms with Crippen molar-refractivity contribution >= 4 is 53.6 Å². The number of nitrogens with one attached hydrogen (secondary N) is 1. The molecular formula is C23H14N2S. The first-order valence-corrected chi connectivity index (χ1v) is 9.48. The Balaban J connectivity index is 1.73. The van der Waals surface area contributed by atoms with E-state index in [2.05, 4.69) is 83.8 Å². The van der Waals surface area contributed by atoms with Gasteiger partial charge in [0.05, 0.1) is 10.2 Å². The number of nitrogens with zero attached hydrogens (tertiary/aromatic N) is 1. The zero-order valence-corrected chi connectivity index (χ0v) is 14.7. The molecule has 0 radical (unpaired) electrons. The molecule has 3 heterocycles. The third-order valence-electron chi connectivity index (χ3n) is 5.02. The molecule has 3 aromatic heterocycles. The van der Waals surface area contributed by atoms with Crippen LogP contribution in [0, 0.1) is 0 Å². The molecule has 0 aliphatic rings. The van der Waals surface area contributed by atoms with Gasteiger partial charge in [-0.25, -0.2) is 4.98 Å². The minimum absolute atomic E-state index is 0.962. The SMILES string of the molecule is c1ccc(-c2cccc3c2sc2cc4c(nc23)[nH]c2ccccc24)cc1. The summed E-state index contributed by atoms with van der Waals surface area (Å²) in [4.78, 5) is 8.46. The van der Waals surface area contributed by atoms with Crippen molar-refractivity contribution in [1.82, 2.24) is 9.97 Å². The van der Waals surface area contributed by atoms with Gasteiger partial charge in [0.2, 0.25) is 0 Å². The highest BCUT2D eigenvalue weighted by Gasteiger charge is 2.14. The van der Waals surface area contributed by atoms with E-state index in [1.54, 1.807) is 0 Å². The number of thiophene rings is 1. The summed E-state index contributed by atoms with van der Waals surface area (Å²) in [5.41, 5.74) is 5.72. The third-order valence-corrected chi connectivity index (χ3v) is 6.20. The van der Waals surface area contributed by atoms with Gasteiger partial charge in [-0.2, -0.15) is 0 Å². The van der Waals surface area contributed by atoms with Gasteiger partial charge in [0.25, 0.3) is 0 Å². The van der Waals surface area contributed by atoms with E-state index in [9.17, 15) is 0 Å². The summed E-state index contributed by atoms with van der Waals surface area (Å²) in [6, 6.07) is 27.8. The number of benzene rings is 3. The van der Waals surface area contributed by atoms with E-state index in [4.69, 9.17) is 4.98 Å². The van der Waals surface area contributed by atoms with Crippen molar-refractivity contribution in [2.45, 2.75) is 0 Å². The number of hydrogen-bond acceptors (Lipinski definition) is 2. The minimum Gasteiger partial charge on any atom is -0.339 e. The summed E-state index contributed by atoms with van der Waals surface area (Å²) in [5, 5.41) is 3.66. The molecule has 3 aromatic carbocycles. The maximum atomic E-state index is 4.99. The molecule has 0 unspecified atom stereocenters. The molecule has 3 heteroatoms. The number of aromatic amines is 1. The summed E-state index contributed by atoms with van der Waals surface area (Å²) in [5.74, 6) is 0. The number of hydrogen-bond donors (Lipinski definition) is 1. The van der Waals surface area contributed by atoms with Crippen molar-refractivity contribution in [2.24, 2.45) is 0 Å². The summed E-state index contributed by atoms with van der Waals surface area (Å²) in [7, 11) is 0. The number of pyridine rings is 1. The lowest BCUT2D eigenvalue weighted by molar-refractivity contribution is 1.42. The number of aromatic nitrogens is 2. The first kappa shape index (κ1) is 14.0. The van der Waals surface area contributed by atoms with Gasteiger partial charge >= 0.3 is 0 Å². The topological polar surface area (TPSA) is 28.7 Å². The van der Waals surface area contributed by atoms with Crippen LogP contribution in [0.3, 0.4) is 0 Å². The van der Waals surface area contributed by atoms with Gasteiger partial charge in [-0.1, -0.05) is 66.7 Å². The Morgan fingerprint density at radius 3 is 2.46 bits per heavy atom. The van der Waals surface area contributed by atoms with E-state index in [-0.39, 0.29) is 0 Å². The van der Waals surface area contributed by atoms with Crippen molar-refractivity contribution in [3.05, 3.63) is 78.9 Å². The van der Waals surface area contributed by atoms with Crippen LogP contribution in [0.2, 0.25) is 0 Å². The van der Waals surface area contributed by atoms with Crippen molar-refractivity contribution in [3.8, 4) is 11.1 Å². The molecule has 6 rings (SSSR count). The molecule has 0 saturated carbocycles. The van der Waals surface area contributed by atoms with E-state index >= 15 is 0 Å². The van der Waals surface area contributed by atoms with Gasteiger partial charge in [-0.3, -0.25) is 0 Å². The highest BCUT2D eigenvalue weighted by Crippen LogP contribution is 2.40. The Kier molecular flexibility index (Phi) is 2.79. The Labute approximate surface area is 153 Å². The van der Waals surface area contributed by atoms with Crippen molar-refractivity contribution < 1.29 is 0 Å². The van der Waals surface area contributed by atoms with Crippen LogP contribution in [0.5, 0.6) is 0 Å². The number of H-pyrrole nitrogens is 1. The first-order valence-electron chi connectivity index (χ1n) is 8.66. The summed E-state index contributed by atoms with van der Waals surface area (Å²) in [6.45, 7) is 0. The Hall–Kier alpha value is -3.17. The highest BCUT2D eigenvalue weighted by atomic mass is 32.1. The van der Waals surface area contributed by atoms with E-state index in [0.717, 1.165) is 16.7 Å². The third kappa shape index (κ3) is 1.89. The molecule has 0 aliphatic heterocycles. The number of para-hydroxylation sites is 1. The quantitative estimate of drug-likeness (QED) is 0.349. The molecule has 2 nitrogen and oxygen atoms in total. The molecule has 1 N–H and O–H groups in total. The van der Waals surface area contributed by atoms with Gasteiger partial charge in [-0.05, 0) is 23.3 Å². The standard InChI is InChI=1S/C23H14N2S/c1-2-7-14(8-3-1)15-10-6-11-17-21-20(26-22(15)17)13-18-16-9-4-5-12-19(16)24-23(18)25-21/h1-13H,(H,24,25). The van der Waals surface area contributed by atoms with E-state index in [1.807, 2.05) is 11.3 Å². The Bertz CT molecular complexity index is 1420. The van der Waals surface area contributed by atoms with Gasteiger partial charge in [0, 0.05) is 26.4 Å². The molecule has 0 bridgehead atoms. The van der Waals surface area contributed by atoms with Crippen LogP contribution in [-0.2, 0) is 0 Å². The van der Waals surface area contributed by atoms with Crippen LogP contribution in [0.25, 0.3) is 53.4 Å². The maximum Gasteiger partial charge on any atom is 0.139 e. The van der Waals surface area contributed by atoms with Crippen LogP contribution in [0.4, 0.5) is 0 Å². The average Bonchev–Trinajstić information content (AvgIpc) is 3.24. The van der Waals surface area contributed by atoms with Gasteiger partial charge in [0.1, 0.15) is 5.65 Å². The second-order valence-corrected chi connectivity index (χ2v) is 7.60. The number of fused-ring (bicyclic) bond motifs is 6. The van der Waals surface area contributed by atoms with E-state index in [0.29, 0.717) is 0 Å². The first-order chi connectivity index (χ1) is 12.9. The molecule has 0 aliphatic carbocycles. The summed E-state index contributed by atoms with van der Waals surface area (Å²) >= 11 is 1.83. The van der Waals surface area contributed by atoms with Crippen LogP contribution in [0.15, 0.2) is 78.9 Å². The lowest BCUT2D eigenvalue weighted by atomic mass is 10.0. The van der Waals surface area contributed by atoms with E-state index in [1.165, 1.54) is 36.7 Å². The molecule has 122 valence electrons. The molecule has 0 saturated heterocycles. The zero-order valence-electron chi connectivity index (χ0n) is 13.9. The Morgan fingerprint density at radius 2 is 1.54 bits per heavy atom. The molecular weight excluding hydrogens is 336 g/mol. The lowest BCUT2D eigenvalue weighted by Gasteiger charge is -2.02. The monoisotopic (exact) mass is 350 g/mol. The van der Waals surface area contributed by atoms with Crippen LogP contribution < -0.4 is 0 Å². The van der Waals surface area contributed by atoms with Crippen LogP contribution in [0.1, 0.15) is 0 Å². The molecule has 26 heavy (non-hydrogen) atoms. The van der Waals surface area contributed by atoms with Gasteiger partial charge in [0.15, 0.2) is 0 Å². The fourth-order valence-corrected chi connectivity index (χ4v) is 5.03. The maximum absolute atomic E-state index is 4.99. The predicted octanol–water partition coefficient (Wildman–Crippen LogP) is 6.75. The van der Waals surface area contributed by atoms with Gasteiger partial charge in [-0.15, -0.1) is 11.3 Å². The molecule has 6 aromatic rings. The molecule has 0 spiro atoms. The number of rotatable bonds is 1. The second kappa shape index (κ2) is 5.16. The zero-order chi connectivity index (χ0) is 17.1. The van der Waals surface area contributed by atoms with Crippen molar-refractivity contribution in [3.63, 3.8) is 0 Å². The molecule has 0 amide bonds. The lowest BCUT2D eigenvalue weighted by Crippen LogP contribution is -1.79. The predicted molar refractivity (Wildman–Crippen MR) is 112 cm³/mol. The molecule has 0 atom stereocenters. The van der Waals surface area contributed by atoms with Crippen LogP contribution in [-0.4, -0.2) is 9.97 Å². The van der Waals surface area contributed by atoms with Gasteiger partial charge < -0.3 is 4.98 Å². The fraction of sp³-hybridized carbons (Fsp3) is 0. The fourth-order valence-electron chi connectivity index (χ4n) is 3.81. The highest BCUT2D eigenvalue weighted by molar-refractivity contribution is 7.26. The smallest absolute Gasteiger partial charge is 0.139 e. The van der Waals surface area contributed by atoms with Crippen LogP contribution >= 0.6 is 11.3 Å². The van der Waals surface area contributed by atoms with E-state index < -0.39 is 0 Å². The van der Waals surface area contributed by atoms with Crippen molar-refractivity contribution in [2.75, 3.05) is 0 Å². The van der Waals surface area contributed by atoms with Crippen molar-refractivity contribution in [1.29, 1.82) is 0 Å². The summed E-state index contributed by atoms with van der Waals surface area (Å²) < 4.78 is 2.54. The Morgan fingerprint density at radius 1 is 0.731 bits per heavy atom. The second-order valence-electron chi connectivity index (χ2n) is 6.55.